The van der Waals surface area contributed by atoms with Crippen molar-refractivity contribution in [1.82, 2.24) is 9.55 Å². The van der Waals surface area contributed by atoms with Crippen LogP contribution in [0.3, 0.4) is 0 Å². The molecule has 4 heteroatoms. The van der Waals surface area contributed by atoms with Crippen LogP contribution in [0, 0.1) is 0 Å². The first-order valence-corrected chi connectivity index (χ1v) is 5.99. The lowest BCUT2D eigenvalue weighted by atomic mass is 10.0. The Labute approximate surface area is 106 Å². The molecule has 1 aromatic heterocycles. The number of aromatic nitrogens is 2. The lowest BCUT2D eigenvalue weighted by Crippen LogP contribution is -2.05. The minimum absolute atomic E-state index is 0.140. The second-order valence-corrected chi connectivity index (χ2v) is 4.28. The van der Waals surface area contributed by atoms with E-state index in [2.05, 4.69) is 4.98 Å². The molecule has 0 fully saturated rings. The van der Waals surface area contributed by atoms with E-state index in [4.69, 9.17) is 5.73 Å². The molecule has 94 valence electrons. The molecule has 1 aromatic carbocycles. The van der Waals surface area contributed by atoms with E-state index in [1.807, 2.05) is 42.1 Å². The third kappa shape index (κ3) is 2.84. The number of hydrogen-bond donors (Lipinski definition) is 1. The van der Waals surface area contributed by atoms with Crippen LogP contribution in [-0.4, -0.2) is 15.3 Å². The lowest BCUT2D eigenvalue weighted by Gasteiger charge is -2.03. The predicted molar refractivity (Wildman–Crippen MR) is 70.2 cm³/mol. The minimum atomic E-state index is 0.140. The number of carbonyl (C=O) groups is 1. The van der Waals surface area contributed by atoms with Gasteiger partial charge in [-0.3, -0.25) is 4.79 Å². The van der Waals surface area contributed by atoms with Crippen molar-refractivity contribution in [1.29, 1.82) is 0 Å². The number of carbonyl (C=O) groups excluding carboxylic acids is 1. The zero-order valence-electron chi connectivity index (χ0n) is 10.5. The van der Waals surface area contributed by atoms with Crippen molar-refractivity contribution in [3.63, 3.8) is 0 Å². The average molecular weight is 243 g/mol. The topological polar surface area (TPSA) is 60.9 Å². The fraction of sp³-hybridized carbons (Fsp3) is 0.286. The number of nitrogens with zero attached hydrogens (tertiary/aromatic N) is 2. The molecule has 2 aromatic rings. The van der Waals surface area contributed by atoms with Gasteiger partial charge in [-0.25, -0.2) is 4.98 Å². The quantitative estimate of drug-likeness (QED) is 0.813. The molecule has 0 aliphatic carbocycles. The summed E-state index contributed by atoms with van der Waals surface area (Å²) in [6.45, 7) is 0.502. The Morgan fingerprint density at radius 1 is 1.33 bits per heavy atom. The molecule has 0 atom stereocenters. The van der Waals surface area contributed by atoms with Crippen LogP contribution in [0.5, 0.6) is 0 Å². The van der Waals surface area contributed by atoms with Crippen molar-refractivity contribution in [3.05, 3.63) is 53.6 Å². The van der Waals surface area contributed by atoms with Crippen molar-refractivity contribution < 1.29 is 4.79 Å². The SMILES string of the molecule is Cn1ccnc1CCC(=O)c1ccc(CN)cc1. The number of imidazole rings is 1. The minimum Gasteiger partial charge on any atom is -0.338 e. The molecule has 0 saturated carbocycles. The van der Waals surface area contributed by atoms with Gasteiger partial charge in [0, 0.05) is 44.4 Å². The second-order valence-electron chi connectivity index (χ2n) is 4.28. The predicted octanol–water partition coefficient (Wildman–Crippen LogP) is 1.69. The first-order chi connectivity index (χ1) is 8.70. The summed E-state index contributed by atoms with van der Waals surface area (Å²) in [5.74, 6) is 1.07. The molecular weight excluding hydrogens is 226 g/mol. The zero-order chi connectivity index (χ0) is 13.0. The highest BCUT2D eigenvalue weighted by atomic mass is 16.1. The Hall–Kier alpha value is -1.94. The molecule has 0 bridgehead atoms. The van der Waals surface area contributed by atoms with Gasteiger partial charge in [0.25, 0.3) is 0 Å². The Balaban J connectivity index is 1.97. The number of aryl methyl sites for hydroxylation is 2. The summed E-state index contributed by atoms with van der Waals surface area (Å²) in [6.07, 6.45) is 4.78. The smallest absolute Gasteiger partial charge is 0.163 e. The van der Waals surface area contributed by atoms with Gasteiger partial charge in [0.2, 0.25) is 0 Å². The Kier molecular flexibility index (Phi) is 3.89. The van der Waals surface area contributed by atoms with Gasteiger partial charge >= 0.3 is 0 Å². The van der Waals surface area contributed by atoms with E-state index in [0.29, 0.717) is 19.4 Å². The van der Waals surface area contributed by atoms with Crippen LogP contribution in [0.15, 0.2) is 36.7 Å². The van der Waals surface area contributed by atoms with Crippen LogP contribution in [0.1, 0.15) is 28.2 Å². The Bertz CT molecular complexity index is 528. The third-order valence-electron chi connectivity index (χ3n) is 3.01. The Morgan fingerprint density at radius 2 is 2.06 bits per heavy atom. The maximum atomic E-state index is 12.0. The number of hydrogen-bond acceptors (Lipinski definition) is 3. The largest absolute Gasteiger partial charge is 0.338 e. The van der Waals surface area contributed by atoms with Crippen LogP contribution in [-0.2, 0) is 20.0 Å². The molecule has 2 rings (SSSR count). The van der Waals surface area contributed by atoms with E-state index in [1.165, 1.54) is 0 Å². The molecule has 0 unspecified atom stereocenters. The fourth-order valence-electron chi connectivity index (χ4n) is 1.83. The highest BCUT2D eigenvalue weighted by Gasteiger charge is 2.08. The van der Waals surface area contributed by atoms with Crippen LogP contribution in [0.4, 0.5) is 0 Å². The fourth-order valence-corrected chi connectivity index (χ4v) is 1.83. The van der Waals surface area contributed by atoms with Gasteiger partial charge in [0.05, 0.1) is 0 Å². The zero-order valence-corrected chi connectivity index (χ0v) is 10.5. The van der Waals surface area contributed by atoms with Crippen molar-refractivity contribution in [2.45, 2.75) is 19.4 Å². The molecule has 0 aliphatic heterocycles. The summed E-state index contributed by atoms with van der Waals surface area (Å²) in [7, 11) is 1.93. The van der Waals surface area contributed by atoms with Crippen LogP contribution >= 0.6 is 0 Å². The molecular formula is C14H17N3O. The van der Waals surface area contributed by atoms with Crippen LogP contribution in [0.2, 0.25) is 0 Å². The van der Waals surface area contributed by atoms with Gasteiger partial charge in [0.15, 0.2) is 5.78 Å². The maximum Gasteiger partial charge on any atom is 0.163 e. The maximum absolute atomic E-state index is 12.0. The lowest BCUT2D eigenvalue weighted by molar-refractivity contribution is 0.0982. The van der Waals surface area contributed by atoms with Crippen LogP contribution in [0.25, 0.3) is 0 Å². The second kappa shape index (κ2) is 5.60. The molecule has 0 radical (unpaired) electrons. The summed E-state index contributed by atoms with van der Waals surface area (Å²) in [4.78, 5) is 16.2. The number of benzene rings is 1. The van der Waals surface area contributed by atoms with E-state index in [0.717, 1.165) is 17.0 Å². The van der Waals surface area contributed by atoms with Crippen molar-refractivity contribution in [2.24, 2.45) is 12.8 Å². The number of nitrogens with two attached hydrogens (primary N) is 1. The number of ketones is 1. The molecule has 0 spiro atoms. The summed E-state index contributed by atoms with van der Waals surface area (Å²) in [5.41, 5.74) is 7.29. The van der Waals surface area contributed by atoms with Crippen molar-refractivity contribution >= 4 is 5.78 Å². The standard InChI is InChI=1S/C14H17N3O/c1-17-9-8-16-14(17)7-6-13(18)12-4-2-11(10-15)3-5-12/h2-5,8-9H,6-7,10,15H2,1H3. The van der Waals surface area contributed by atoms with Crippen LogP contribution < -0.4 is 5.73 Å². The molecule has 0 saturated heterocycles. The van der Waals surface area contributed by atoms with E-state index in [1.54, 1.807) is 6.20 Å². The highest BCUT2D eigenvalue weighted by Crippen LogP contribution is 2.09. The summed E-state index contributed by atoms with van der Waals surface area (Å²) in [6, 6.07) is 7.47. The van der Waals surface area contributed by atoms with Gasteiger partial charge < -0.3 is 10.3 Å². The number of Topliss-reactive ketones (excluding diaryl/α,β-unsaturated/α-hetero) is 1. The van der Waals surface area contributed by atoms with Crippen molar-refractivity contribution in [3.8, 4) is 0 Å². The molecule has 0 aliphatic rings. The van der Waals surface area contributed by atoms with E-state index >= 15 is 0 Å². The summed E-state index contributed by atoms with van der Waals surface area (Å²) < 4.78 is 1.94. The monoisotopic (exact) mass is 243 g/mol. The van der Waals surface area contributed by atoms with Gasteiger partial charge in [0.1, 0.15) is 5.82 Å². The molecule has 1 heterocycles. The normalized spacial score (nSPS) is 10.6. The molecule has 0 amide bonds. The van der Waals surface area contributed by atoms with E-state index in [-0.39, 0.29) is 5.78 Å². The molecule has 18 heavy (non-hydrogen) atoms. The summed E-state index contributed by atoms with van der Waals surface area (Å²) >= 11 is 0. The third-order valence-corrected chi connectivity index (χ3v) is 3.01. The van der Waals surface area contributed by atoms with Gasteiger partial charge in [-0.2, -0.15) is 0 Å². The van der Waals surface area contributed by atoms with E-state index < -0.39 is 0 Å². The first kappa shape index (κ1) is 12.5. The van der Waals surface area contributed by atoms with Gasteiger partial charge in [-0.05, 0) is 5.56 Å². The molecule has 4 nitrogen and oxygen atoms in total. The van der Waals surface area contributed by atoms with Gasteiger partial charge in [-0.1, -0.05) is 24.3 Å². The average Bonchev–Trinajstić information content (AvgIpc) is 2.81. The highest BCUT2D eigenvalue weighted by molar-refractivity contribution is 5.96. The Morgan fingerprint density at radius 3 is 2.61 bits per heavy atom. The summed E-state index contributed by atoms with van der Waals surface area (Å²) in [5, 5.41) is 0. The first-order valence-electron chi connectivity index (χ1n) is 5.99. The van der Waals surface area contributed by atoms with E-state index in [9.17, 15) is 4.79 Å². The number of rotatable bonds is 5. The molecule has 2 N–H and O–H groups in total. The van der Waals surface area contributed by atoms with Crippen molar-refractivity contribution in [2.75, 3.05) is 0 Å². The van der Waals surface area contributed by atoms with Gasteiger partial charge in [-0.15, -0.1) is 0 Å².